The van der Waals surface area contributed by atoms with E-state index in [0.717, 1.165) is 5.56 Å². The van der Waals surface area contributed by atoms with Crippen LogP contribution in [-0.4, -0.2) is 11.8 Å². The number of rotatable bonds is 5. The fourth-order valence-corrected chi connectivity index (χ4v) is 2.04. The zero-order chi connectivity index (χ0) is 15.9. The van der Waals surface area contributed by atoms with Crippen LogP contribution in [0.15, 0.2) is 48.5 Å². The first-order valence-electron chi connectivity index (χ1n) is 7.01. The van der Waals surface area contributed by atoms with E-state index in [0.29, 0.717) is 22.8 Å². The van der Waals surface area contributed by atoms with E-state index >= 15 is 0 Å². The summed E-state index contributed by atoms with van der Waals surface area (Å²) in [6.07, 6.45) is 0.676. The second-order valence-electron chi connectivity index (χ2n) is 4.83. The summed E-state index contributed by atoms with van der Waals surface area (Å²) in [5.74, 6) is -0.189. The van der Waals surface area contributed by atoms with Gasteiger partial charge >= 0.3 is 0 Å². The lowest BCUT2D eigenvalue weighted by Crippen LogP contribution is -2.15. The second-order valence-corrected chi connectivity index (χ2v) is 5.27. The van der Waals surface area contributed by atoms with Gasteiger partial charge < -0.3 is 10.6 Å². The van der Waals surface area contributed by atoms with Crippen molar-refractivity contribution in [1.29, 1.82) is 0 Å². The molecule has 0 fully saturated rings. The summed E-state index contributed by atoms with van der Waals surface area (Å²) in [6, 6.07) is 14.2. The average Bonchev–Trinajstić information content (AvgIpc) is 2.49. The van der Waals surface area contributed by atoms with E-state index in [1.807, 2.05) is 12.1 Å². The van der Waals surface area contributed by atoms with Crippen LogP contribution in [0.3, 0.4) is 0 Å². The molecular formula is C17H17ClN2O2. The van der Waals surface area contributed by atoms with E-state index in [-0.39, 0.29) is 18.2 Å². The highest BCUT2D eigenvalue weighted by molar-refractivity contribution is 6.30. The van der Waals surface area contributed by atoms with Crippen LogP contribution in [0, 0.1) is 0 Å². The first kappa shape index (κ1) is 16.0. The zero-order valence-corrected chi connectivity index (χ0v) is 13.0. The number of nitrogens with one attached hydrogen (secondary N) is 2. The van der Waals surface area contributed by atoms with Crippen LogP contribution >= 0.6 is 11.6 Å². The molecular weight excluding hydrogens is 300 g/mol. The highest BCUT2D eigenvalue weighted by Gasteiger charge is 2.05. The van der Waals surface area contributed by atoms with Crippen LogP contribution in [0.25, 0.3) is 0 Å². The minimum atomic E-state index is -0.124. The van der Waals surface area contributed by atoms with Gasteiger partial charge in [-0.05, 0) is 35.9 Å². The molecule has 2 rings (SSSR count). The van der Waals surface area contributed by atoms with Gasteiger partial charge in [-0.15, -0.1) is 0 Å². The molecule has 0 aliphatic heterocycles. The van der Waals surface area contributed by atoms with Gasteiger partial charge in [0.15, 0.2) is 0 Å². The first-order valence-corrected chi connectivity index (χ1v) is 7.39. The van der Waals surface area contributed by atoms with Crippen molar-refractivity contribution in [3.8, 4) is 0 Å². The fourth-order valence-electron chi connectivity index (χ4n) is 1.92. The van der Waals surface area contributed by atoms with Crippen LogP contribution in [0.5, 0.6) is 0 Å². The van der Waals surface area contributed by atoms with E-state index in [9.17, 15) is 9.59 Å². The monoisotopic (exact) mass is 316 g/mol. The van der Waals surface area contributed by atoms with Crippen molar-refractivity contribution in [1.82, 2.24) is 0 Å². The lowest BCUT2D eigenvalue weighted by atomic mass is 10.1. The van der Waals surface area contributed by atoms with Gasteiger partial charge in [0.05, 0.1) is 6.42 Å². The third kappa shape index (κ3) is 4.90. The Labute approximate surface area is 134 Å². The number of halogens is 1. The van der Waals surface area contributed by atoms with E-state index in [1.54, 1.807) is 43.3 Å². The molecule has 0 atom stereocenters. The number of hydrogen-bond donors (Lipinski definition) is 2. The van der Waals surface area contributed by atoms with Gasteiger partial charge in [0, 0.05) is 22.8 Å². The fraction of sp³-hybridized carbons (Fsp3) is 0.176. The van der Waals surface area contributed by atoms with Gasteiger partial charge in [0.2, 0.25) is 11.8 Å². The third-order valence-corrected chi connectivity index (χ3v) is 3.28. The number of hydrogen-bond acceptors (Lipinski definition) is 2. The number of benzene rings is 2. The summed E-state index contributed by atoms with van der Waals surface area (Å²) in [4.78, 5) is 23.4. The van der Waals surface area contributed by atoms with Crippen LogP contribution < -0.4 is 10.6 Å². The van der Waals surface area contributed by atoms with Crippen molar-refractivity contribution in [2.75, 3.05) is 10.6 Å². The molecule has 2 aromatic rings. The van der Waals surface area contributed by atoms with Crippen LogP contribution in [-0.2, 0) is 16.0 Å². The van der Waals surface area contributed by atoms with Crippen molar-refractivity contribution < 1.29 is 9.59 Å². The lowest BCUT2D eigenvalue weighted by Gasteiger charge is -2.08. The molecule has 22 heavy (non-hydrogen) atoms. The Morgan fingerprint density at radius 2 is 1.55 bits per heavy atom. The summed E-state index contributed by atoms with van der Waals surface area (Å²) >= 11 is 5.81. The molecule has 0 unspecified atom stereocenters. The molecule has 2 aromatic carbocycles. The maximum atomic E-state index is 12.0. The van der Waals surface area contributed by atoms with Gasteiger partial charge in [-0.3, -0.25) is 9.59 Å². The van der Waals surface area contributed by atoms with E-state index < -0.39 is 0 Å². The molecule has 0 bridgehead atoms. The molecule has 0 aliphatic rings. The molecule has 114 valence electrons. The molecule has 0 saturated heterocycles. The van der Waals surface area contributed by atoms with E-state index in [2.05, 4.69) is 10.6 Å². The Kier molecular flexibility index (Phi) is 5.55. The molecule has 5 heteroatoms. The largest absolute Gasteiger partial charge is 0.326 e. The molecule has 0 spiro atoms. The highest BCUT2D eigenvalue weighted by atomic mass is 35.5. The minimum absolute atomic E-state index is 0.0651. The van der Waals surface area contributed by atoms with Gasteiger partial charge in [-0.25, -0.2) is 0 Å². The predicted octanol–water partition coefficient (Wildman–Crippen LogP) is 3.87. The normalized spacial score (nSPS) is 10.1. The van der Waals surface area contributed by atoms with Gasteiger partial charge in [-0.1, -0.05) is 36.7 Å². The minimum Gasteiger partial charge on any atom is -0.326 e. The molecule has 0 saturated carbocycles. The van der Waals surface area contributed by atoms with Gasteiger partial charge in [0.1, 0.15) is 0 Å². The lowest BCUT2D eigenvalue weighted by molar-refractivity contribution is -0.116. The van der Waals surface area contributed by atoms with Gasteiger partial charge in [-0.2, -0.15) is 0 Å². The maximum Gasteiger partial charge on any atom is 0.228 e. The molecule has 0 aliphatic carbocycles. The number of carbonyl (C=O) groups is 2. The second kappa shape index (κ2) is 7.61. The number of amides is 2. The van der Waals surface area contributed by atoms with Crippen LogP contribution in [0.2, 0.25) is 5.02 Å². The number of carbonyl (C=O) groups excluding carboxylic acids is 2. The first-order chi connectivity index (χ1) is 10.6. The summed E-state index contributed by atoms with van der Waals surface area (Å²) in [5, 5.41) is 6.21. The summed E-state index contributed by atoms with van der Waals surface area (Å²) in [6.45, 7) is 1.78. The Hall–Kier alpha value is -2.33. The smallest absolute Gasteiger partial charge is 0.228 e. The van der Waals surface area contributed by atoms with Crippen molar-refractivity contribution in [3.63, 3.8) is 0 Å². The Balaban J connectivity index is 1.97. The molecule has 0 aromatic heterocycles. The molecule has 2 amide bonds. The summed E-state index contributed by atoms with van der Waals surface area (Å²) in [5.41, 5.74) is 2.20. The van der Waals surface area contributed by atoms with E-state index in [1.165, 1.54) is 0 Å². The average molecular weight is 317 g/mol. The molecule has 0 heterocycles. The van der Waals surface area contributed by atoms with E-state index in [4.69, 9.17) is 11.6 Å². The van der Waals surface area contributed by atoms with Crippen LogP contribution in [0.4, 0.5) is 11.4 Å². The summed E-state index contributed by atoms with van der Waals surface area (Å²) in [7, 11) is 0. The van der Waals surface area contributed by atoms with Crippen LogP contribution in [0.1, 0.15) is 18.9 Å². The summed E-state index contributed by atoms with van der Waals surface area (Å²) < 4.78 is 0. The zero-order valence-electron chi connectivity index (χ0n) is 12.2. The SMILES string of the molecule is CCC(=O)Nc1cccc(NC(=O)Cc2ccc(Cl)cc2)c1. The Morgan fingerprint density at radius 1 is 0.955 bits per heavy atom. The predicted molar refractivity (Wildman–Crippen MR) is 89.1 cm³/mol. The van der Waals surface area contributed by atoms with Crippen molar-refractivity contribution in [2.45, 2.75) is 19.8 Å². The molecule has 0 radical (unpaired) electrons. The number of anilines is 2. The highest BCUT2D eigenvalue weighted by Crippen LogP contribution is 2.16. The van der Waals surface area contributed by atoms with Gasteiger partial charge in [0.25, 0.3) is 0 Å². The Bertz CT molecular complexity index is 669. The van der Waals surface area contributed by atoms with Crippen molar-refractivity contribution >= 4 is 34.8 Å². The van der Waals surface area contributed by atoms with Crippen molar-refractivity contribution in [2.24, 2.45) is 0 Å². The van der Waals surface area contributed by atoms with Crippen molar-refractivity contribution in [3.05, 3.63) is 59.1 Å². The topological polar surface area (TPSA) is 58.2 Å². The Morgan fingerprint density at radius 3 is 2.14 bits per heavy atom. The molecule has 2 N–H and O–H groups in total. The third-order valence-electron chi connectivity index (χ3n) is 3.03. The quantitative estimate of drug-likeness (QED) is 0.879. The standard InChI is InChI=1S/C17H17ClN2O2/c1-2-16(21)19-14-4-3-5-15(11-14)20-17(22)10-12-6-8-13(18)9-7-12/h3-9,11H,2,10H2,1H3,(H,19,21)(H,20,22). The molecule has 4 nitrogen and oxygen atoms in total. The maximum absolute atomic E-state index is 12.0.